The summed E-state index contributed by atoms with van der Waals surface area (Å²) in [5.41, 5.74) is -1.04. The van der Waals surface area contributed by atoms with Gasteiger partial charge in [-0.05, 0) is 37.5 Å². The normalized spacial score (nSPS) is 49.0. The Labute approximate surface area is 148 Å². The summed E-state index contributed by atoms with van der Waals surface area (Å²) in [6.45, 7) is 3.86. The van der Waals surface area contributed by atoms with Crippen LogP contribution in [0.2, 0.25) is 0 Å². The molecule has 6 unspecified atom stereocenters. The standard InChI is InChI=1S/C20H28O5/c1-18-7-5-13(22)9-12(18)3-4-14-15-6-8-20(24,16(23)10-21)19(15,2)11-25-17(14)18/h3,14-15,17,21,24H,4-11H2,1-2H3. The zero-order chi connectivity index (χ0) is 18.0. The second-order valence-electron chi connectivity index (χ2n) is 9.00. The van der Waals surface area contributed by atoms with Crippen LogP contribution in [-0.2, 0) is 14.3 Å². The van der Waals surface area contributed by atoms with Crippen LogP contribution in [0.4, 0.5) is 0 Å². The predicted molar refractivity (Wildman–Crippen MR) is 90.8 cm³/mol. The van der Waals surface area contributed by atoms with Crippen molar-refractivity contribution < 1.29 is 24.5 Å². The number of hydrogen-bond acceptors (Lipinski definition) is 5. The van der Waals surface area contributed by atoms with E-state index in [1.807, 2.05) is 6.92 Å². The Morgan fingerprint density at radius 3 is 2.84 bits per heavy atom. The highest BCUT2D eigenvalue weighted by Crippen LogP contribution is 2.62. The first kappa shape index (κ1) is 17.4. The van der Waals surface area contributed by atoms with E-state index < -0.39 is 23.4 Å². The van der Waals surface area contributed by atoms with Crippen molar-refractivity contribution in [3.63, 3.8) is 0 Å². The molecular formula is C20H28O5. The Kier molecular flexibility index (Phi) is 3.81. The molecule has 5 nitrogen and oxygen atoms in total. The highest BCUT2D eigenvalue weighted by atomic mass is 16.5. The minimum Gasteiger partial charge on any atom is -0.388 e. The van der Waals surface area contributed by atoms with Crippen molar-refractivity contribution in [2.75, 3.05) is 13.2 Å². The van der Waals surface area contributed by atoms with E-state index in [1.54, 1.807) is 0 Å². The average molecular weight is 348 g/mol. The Balaban J connectivity index is 1.69. The van der Waals surface area contributed by atoms with Gasteiger partial charge in [0.15, 0.2) is 5.78 Å². The Hall–Kier alpha value is -1.04. The molecule has 138 valence electrons. The van der Waals surface area contributed by atoms with Gasteiger partial charge in [-0.15, -0.1) is 0 Å². The van der Waals surface area contributed by atoms with Crippen LogP contribution in [0.3, 0.4) is 0 Å². The highest BCUT2D eigenvalue weighted by molar-refractivity contribution is 5.89. The van der Waals surface area contributed by atoms with Crippen molar-refractivity contribution in [1.29, 1.82) is 0 Å². The second-order valence-corrected chi connectivity index (χ2v) is 9.00. The average Bonchev–Trinajstić information content (AvgIpc) is 2.87. The van der Waals surface area contributed by atoms with Gasteiger partial charge in [0, 0.05) is 23.7 Å². The van der Waals surface area contributed by atoms with E-state index in [0.29, 0.717) is 31.7 Å². The molecular weight excluding hydrogens is 320 g/mol. The van der Waals surface area contributed by atoms with Crippen molar-refractivity contribution in [3.05, 3.63) is 11.6 Å². The summed E-state index contributed by atoms with van der Waals surface area (Å²) in [6.07, 6.45) is 6.25. The third-order valence-corrected chi connectivity index (χ3v) is 7.96. The molecule has 6 atom stereocenters. The second kappa shape index (κ2) is 5.48. The molecule has 3 aliphatic carbocycles. The van der Waals surface area contributed by atoms with Crippen molar-refractivity contribution in [1.82, 2.24) is 0 Å². The van der Waals surface area contributed by atoms with Crippen LogP contribution in [0.5, 0.6) is 0 Å². The summed E-state index contributed by atoms with van der Waals surface area (Å²) < 4.78 is 6.35. The number of carbonyl (C=O) groups is 2. The molecule has 0 amide bonds. The molecule has 0 aromatic carbocycles. The van der Waals surface area contributed by atoms with E-state index >= 15 is 0 Å². The molecule has 2 N–H and O–H groups in total. The molecule has 0 radical (unpaired) electrons. The molecule has 4 aliphatic rings. The number of carbonyl (C=O) groups excluding carboxylic acids is 2. The zero-order valence-corrected chi connectivity index (χ0v) is 15.1. The number of fused-ring (bicyclic) bond motifs is 5. The van der Waals surface area contributed by atoms with E-state index in [9.17, 15) is 19.8 Å². The summed E-state index contributed by atoms with van der Waals surface area (Å²) in [7, 11) is 0. The third kappa shape index (κ3) is 2.12. The fourth-order valence-corrected chi connectivity index (χ4v) is 6.29. The van der Waals surface area contributed by atoms with Crippen molar-refractivity contribution >= 4 is 11.6 Å². The SMILES string of the molecule is CC12CCC(=O)CC1=CCC1C2OCC2(C)C1CCC2(O)C(=O)CO. The summed E-state index contributed by atoms with van der Waals surface area (Å²) in [6, 6.07) is 0. The van der Waals surface area contributed by atoms with Crippen LogP contribution < -0.4 is 0 Å². The minimum atomic E-state index is -1.50. The van der Waals surface area contributed by atoms with Gasteiger partial charge in [0.2, 0.25) is 0 Å². The molecule has 25 heavy (non-hydrogen) atoms. The van der Waals surface area contributed by atoms with Crippen molar-refractivity contribution in [3.8, 4) is 0 Å². The number of hydrogen-bond donors (Lipinski definition) is 2. The monoisotopic (exact) mass is 348 g/mol. The third-order valence-electron chi connectivity index (χ3n) is 7.96. The minimum absolute atomic E-state index is 0.0465. The zero-order valence-electron chi connectivity index (χ0n) is 15.1. The van der Waals surface area contributed by atoms with E-state index in [4.69, 9.17) is 4.74 Å². The molecule has 5 heteroatoms. The van der Waals surface area contributed by atoms with Gasteiger partial charge in [0.05, 0.1) is 12.7 Å². The molecule has 0 aromatic rings. The van der Waals surface area contributed by atoms with Gasteiger partial charge >= 0.3 is 0 Å². The number of aliphatic hydroxyl groups excluding tert-OH is 1. The molecule has 0 bridgehead atoms. The Morgan fingerprint density at radius 1 is 1.36 bits per heavy atom. The van der Waals surface area contributed by atoms with Gasteiger partial charge in [-0.3, -0.25) is 9.59 Å². The van der Waals surface area contributed by atoms with E-state index in [2.05, 4.69) is 13.0 Å². The maximum absolute atomic E-state index is 12.3. The lowest BCUT2D eigenvalue weighted by Gasteiger charge is -2.57. The van der Waals surface area contributed by atoms with Gasteiger partial charge in [0.1, 0.15) is 18.0 Å². The fraction of sp³-hybridized carbons (Fsp3) is 0.800. The molecule has 2 saturated carbocycles. The first-order chi connectivity index (χ1) is 11.8. The summed E-state index contributed by atoms with van der Waals surface area (Å²) >= 11 is 0. The molecule has 0 spiro atoms. The summed E-state index contributed by atoms with van der Waals surface area (Å²) in [5.74, 6) is 0.271. The van der Waals surface area contributed by atoms with Crippen LogP contribution >= 0.6 is 0 Å². The molecule has 4 rings (SSSR count). The van der Waals surface area contributed by atoms with Gasteiger partial charge in [-0.1, -0.05) is 25.5 Å². The lowest BCUT2D eigenvalue weighted by atomic mass is 9.54. The highest BCUT2D eigenvalue weighted by Gasteiger charge is 2.66. The van der Waals surface area contributed by atoms with E-state index in [0.717, 1.165) is 19.3 Å². The molecule has 1 saturated heterocycles. The smallest absolute Gasteiger partial charge is 0.190 e. The van der Waals surface area contributed by atoms with Gasteiger partial charge in [-0.2, -0.15) is 0 Å². The van der Waals surface area contributed by atoms with Crippen LogP contribution in [0.15, 0.2) is 11.6 Å². The fourth-order valence-electron chi connectivity index (χ4n) is 6.29. The number of rotatable bonds is 2. The first-order valence-corrected chi connectivity index (χ1v) is 9.45. The van der Waals surface area contributed by atoms with Gasteiger partial charge in [-0.25, -0.2) is 0 Å². The van der Waals surface area contributed by atoms with Crippen molar-refractivity contribution in [2.24, 2.45) is 22.7 Å². The molecule has 0 aromatic heterocycles. The van der Waals surface area contributed by atoms with Gasteiger partial charge in [0.25, 0.3) is 0 Å². The number of allylic oxidation sites excluding steroid dienone is 1. The predicted octanol–water partition coefficient (Wildman–Crippen LogP) is 1.80. The largest absolute Gasteiger partial charge is 0.388 e. The van der Waals surface area contributed by atoms with Crippen LogP contribution in [0, 0.1) is 22.7 Å². The van der Waals surface area contributed by atoms with Gasteiger partial charge < -0.3 is 14.9 Å². The lowest BCUT2D eigenvalue weighted by Crippen LogP contribution is -2.62. The molecule has 3 fully saturated rings. The quantitative estimate of drug-likeness (QED) is 0.744. The van der Waals surface area contributed by atoms with Crippen LogP contribution in [0.1, 0.15) is 52.4 Å². The van der Waals surface area contributed by atoms with Crippen molar-refractivity contribution in [2.45, 2.75) is 64.1 Å². The maximum atomic E-state index is 12.3. The number of ether oxygens (including phenoxy) is 1. The first-order valence-electron chi connectivity index (χ1n) is 9.45. The summed E-state index contributed by atoms with van der Waals surface area (Å²) in [4.78, 5) is 24.1. The summed E-state index contributed by atoms with van der Waals surface area (Å²) in [5, 5.41) is 20.4. The Morgan fingerprint density at radius 2 is 2.12 bits per heavy atom. The van der Waals surface area contributed by atoms with Crippen LogP contribution in [0.25, 0.3) is 0 Å². The van der Waals surface area contributed by atoms with Crippen LogP contribution in [-0.4, -0.2) is 46.7 Å². The number of ketones is 2. The molecule has 1 aliphatic heterocycles. The number of Topliss-reactive ketones (excluding diaryl/α,β-unsaturated/α-hetero) is 2. The van der Waals surface area contributed by atoms with E-state index in [-0.39, 0.29) is 23.4 Å². The Bertz CT molecular complexity index is 654. The number of aliphatic hydroxyl groups is 2. The van der Waals surface area contributed by atoms with E-state index in [1.165, 1.54) is 5.57 Å². The molecule has 1 heterocycles. The maximum Gasteiger partial charge on any atom is 0.190 e. The lowest BCUT2D eigenvalue weighted by molar-refractivity contribution is -0.210. The topological polar surface area (TPSA) is 83.8 Å².